The molecule has 0 amide bonds. The zero-order chi connectivity index (χ0) is 32.0. The van der Waals surface area contributed by atoms with Gasteiger partial charge in [-0.05, 0) is 58.5 Å². The molecule has 7 aromatic carbocycles. The third-order valence-electron chi connectivity index (χ3n) is 8.81. The van der Waals surface area contributed by atoms with Crippen LogP contribution in [-0.4, -0.2) is 15.0 Å². The molecule has 0 spiro atoms. The highest BCUT2D eigenvalue weighted by Crippen LogP contribution is 2.42. The van der Waals surface area contributed by atoms with Gasteiger partial charge in [-0.1, -0.05) is 133 Å². The van der Waals surface area contributed by atoms with Gasteiger partial charge in [0.25, 0.3) is 0 Å². The molecule has 2 aromatic heterocycles. The van der Waals surface area contributed by atoms with Gasteiger partial charge in [0.15, 0.2) is 17.5 Å². The number of fused-ring (bicyclic) bond motifs is 4. The van der Waals surface area contributed by atoms with Crippen molar-refractivity contribution in [2.75, 3.05) is 0 Å². The van der Waals surface area contributed by atoms with E-state index in [0.717, 1.165) is 71.7 Å². The van der Waals surface area contributed by atoms with E-state index in [4.69, 9.17) is 31.0 Å². The van der Waals surface area contributed by atoms with Crippen LogP contribution in [0, 0.1) is 0 Å². The molecule has 0 fully saturated rings. The lowest BCUT2D eigenvalue weighted by molar-refractivity contribution is 0.669. The molecule has 0 bridgehead atoms. The molecule has 0 N–H and O–H groups in total. The predicted octanol–water partition coefficient (Wildman–Crippen LogP) is 11.9. The van der Waals surface area contributed by atoms with Gasteiger partial charge < -0.3 is 4.42 Å². The predicted molar refractivity (Wildman–Crippen MR) is 197 cm³/mol. The van der Waals surface area contributed by atoms with Crippen LogP contribution < -0.4 is 0 Å². The van der Waals surface area contributed by atoms with Crippen LogP contribution in [0.25, 0.3) is 89.1 Å². The van der Waals surface area contributed by atoms with E-state index < -0.39 is 0 Å². The Labute approximate surface area is 282 Å². The summed E-state index contributed by atoms with van der Waals surface area (Å²) in [6.07, 6.45) is 0. The Morgan fingerprint density at radius 3 is 1.67 bits per heavy atom. The first-order valence-corrected chi connectivity index (χ1v) is 16.2. The van der Waals surface area contributed by atoms with E-state index in [9.17, 15) is 0 Å². The zero-order valence-corrected chi connectivity index (χ0v) is 26.4. The first-order valence-electron chi connectivity index (χ1n) is 15.8. The summed E-state index contributed by atoms with van der Waals surface area (Å²) in [7, 11) is 0. The smallest absolute Gasteiger partial charge is 0.164 e. The lowest BCUT2D eigenvalue weighted by Crippen LogP contribution is -2.01. The SMILES string of the molecule is Clc1c(-c2ccccc2)cc(-c2nc(-c3ccccc3)nc(-c3ccc4oc5ccccc5c4c3)n2)c2cc(-c3ccccc3)ccc12. The van der Waals surface area contributed by atoms with Gasteiger partial charge in [-0.2, -0.15) is 0 Å². The van der Waals surface area contributed by atoms with E-state index in [1.54, 1.807) is 0 Å². The number of rotatable bonds is 5. The molecule has 4 nitrogen and oxygen atoms in total. The van der Waals surface area contributed by atoms with Crippen LogP contribution in [0.4, 0.5) is 0 Å². The Morgan fingerprint density at radius 2 is 0.917 bits per heavy atom. The number of hydrogen-bond donors (Lipinski definition) is 0. The number of halogens is 1. The van der Waals surface area contributed by atoms with E-state index in [0.29, 0.717) is 22.5 Å². The first kappa shape index (κ1) is 28.1. The highest BCUT2D eigenvalue weighted by Gasteiger charge is 2.20. The number of furan rings is 1. The summed E-state index contributed by atoms with van der Waals surface area (Å²) in [5, 5.41) is 4.66. The van der Waals surface area contributed by atoms with Crippen LogP contribution in [0.15, 0.2) is 162 Å². The monoisotopic (exact) mass is 635 g/mol. The average Bonchev–Trinajstić information content (AvgIpc) is 3.54. The summed E-state index contributed by atoms with van der Waals surface area (Å²) in [4.78, 5) is 15.4. The standard InChI is InChI=1S/C43H26ClN3O/c44-40-33-22-20-30(27-12-4-1-5-13-27)24-35(33)37(26-34(40)28-14-6-2-7-15-28)43-46-41(29-16-8-3-9-17-29)45-42(47-43)31-21-23-39-36(25-31)32-18-10-11-19-38(32)48-39/h1-26H. The number of para-hydroxylation sites is 1. The molecule has 0 unspecified atom stereocenters. The lowest BCUT2D eigenvalue weighted by atomic mass is 9.93. The molecule has 0 saturated carbocycles. The molecule has 2 heterocycles. The van der Waals surface area contributed by atoms with Crippen LogP contribution in [0.1, 0.15) is 0 Å². The van der Waals surface area contributed by atoms with Crippen LogP contribution in [0.5, 0.6) is 0 Å². The van der Waals surface area contributed by atoms with Gasteiger partial charge in [0.05, 0.1) is 5.02 Å². The second-order valence-electron chi connectivity index (χ2n) is 11.8. The van der Waals surface area contributed by atoms with Crippen molar-refractivity contribution in [1.29, 1.82) is 0 Å². The summed E-state index contributed by atoms with van der Waals surface area (Å²) in [5.41, 5.74) is 8.47. The van der Waals surface area contributed by atoms with E-state index in [1.165, 1.54) is 0 Å². The highest BCUT2D eigenvalue weighted by atomic mass is 35.5. The normalized spacial score (nSPS) is 11.4. The van der Waals surface area contributed by atoms with Gasteiger partial charge in [0, 0.05) is 38.4 Å². The number of nitrogens with zero attached hydrogens (tertiary/aromatic N) is 3. The van der Waals surface area contributed by atoms with Crippen molar-refractivity contribution in [2.45, 2.75) is 0 Å². The molecule has 9 rings (SSSR count). The maximum Gasteiger partial charge on any atom is 0.164 e. The van der Waals surface area contributed by atoms with E-state index in [2.05, 4.69) is 72.8 Å². The van der Waals surface area contributed by atoms with Gasteiger partial charge >= 0.3 is 0 Å². The van der Waals surface area contributed by atoms with E-state index in [1.807, 2.05) is 84.9 Å². The van der Waals surface area contributed by atoms with Crippen molar-refractivity contribution in [1.82, 2.24) is 15.0 Å². The van der Waals surface area contributed by atoms with E-state index >= 15 is 0 Å². The van der Waals surface area contributed by atoms with Gasteiger partial charge in [-0.3, -0.25) is 0 Å². The molecule has 0 radical (unpaired) electrons. The maximum atomic E-state index is 7.22. The molecule has 0 aliphatic carbocycles. The molecule has 0 atom stereocenters. The van der Waals surface area contributed by atoms with E-state index in [-0.39, 0.29) is 0 Å². The Morgan fingerprint density at radius 1 is 0.354 bits per heavy atom. The fourth-order valence-electron chi connectivity index (χ4n) is 6.42. The highest BCUT2D eigenvalue weighted by molar-refractivity contribution is 6.39. The average molecular weight is 636 g/mol. The summed E-state index contributed by atoms with van der Waals surface area (Å²) in [6, 6.07) is 53.4. The number of benzene rings is 7. The largest absolute Gasteiger partial charge is 0.456 e. The van der Waals surface area contributed by atoms with Gasteiger partial charge in [-0.15, -0.1) is 0 Å². The molecule has 48 heavy (non-hydrogen) atoms. The topological polar surface area (TPSA) is 51.8 Å². The van der Waals surface area contributed by atoms with Gasteiger partial charge in [0.1, 0.15) is 11.2 Å². The third-order valence-corrected chi connectivity index (χ3v) is 9.21. The lowest BCUT2D eigenvalue weighted by Gasteiger charge is -2.16. The molecule has 5 heteroatoms. The number of aromatic nitrogens is 3. The summed E-state index contributed by atoms with van der Waals surface area (Å²) < 4.78 is 6.13. The fraction of sp³-hybridized carbons (Fsp3) is 0. The van der Waals surface area contributed by atoms with Crippen LogP contribution in [-0.2, 0) is 0 Å². The zero-order valence-electron chi connectivity index (χ0n) is 25.6. The summed E-state index contributed by atoms with van der Waals surface area (Å²) >= 11 is 7.22. The Kier molecular flexibility index (Phi) is 6.81. The van der Waals surface area contributed by atoms with Crippen molar-refractivity contribution in [3.63, 3.8) is 0 Å². The Bertz CT molecular complexity index is 2620. The minimum atomic E-state index is 0.570. The second kappa shape index (κ2) is 11.6. The Balaban J connectivity index is 1.33. The van der Waals surface area contributed by atoms with Crippen molar-refractivity contribution in [2.24, 2.45) is 0 Å². The van der Waals surface area contributed by atoms with Crippen molar-refractivity contribution >= 4 is 44.3 Å². The van der Waals surface area contributed by atoms with Gasteiger partial charge in [0.2, 0.25) is 0 Å². The Hall–Kier alpha value is -6.10. The molecule has 9 aromatic rings. The number of hydrogen-bond acceptors (Lipinski definition) is 4. The fourth-order valence-corrected chi connectivity index (χ4v) is 6.75. The van der Waals surface area contributed by atoms with Crippen molar-refractivity contribution < 1.29 is 4.42 Å². The maximum absolute atomic E-state index is 7.22. The van der Waals surface area contributed by atoms with Gasteiger partial charge in [-0.25, -0.2) is 15.0 Å². The summed E-state index contributed by atoms with van der Waals surface area (Å²) in [5.74, 6) is 1.74. The second-order valence-corrected chi connectivity index (χ2v) is 12.1. The van der Waals surface area contributed by atoms with Crippen molar-refractivity contribution in [3.8, 4) is 56.4 Å². The molecule has 226 valence electrons. The quantitative estimate of drug-likeness (QED) is 0.189. The van der Waals surface area contributed by atoms with Crippen molar-refractivity contribution in [3.05, 3.63) is 163 Å². The molecule has 0 aliphatic heterocycles. The van der Waals surface area contributed by atoms with Crippen LogP contribution in [0.3, 0.4) is 0 Å². The van der Waals surface area contributed by atoms with Crippen LogP contribution in [0.2, 0.25) is 5.02 Å². The summed E-state index contributed by atoms with van der Waals surface area (Å²) in [6.45, 7) is 0. The molecule has 0 aliphatic rings. The molecular formula is C43H26ClN3O. The molecular weight excluding hydrogens is 610 g/mol. The minimum Gasteiger partial charge on any atom is -0.456 e. The molecule has 0 saturated heterocycles. The minimum absolute atomic E-state index is 0.570. The third kappa shape index (κ3) is 4.91. The first-order chi connectivity index (χ1) is 23.7. The van der Waals surface area contributed by atoms with Crippen LogP contribution >= 0.6 is 11.6 Å².